The van der Waals surface area contributed by atoms with Gasteiger partial charge in [-0.3, -0.25) is 0 Å². The molecule has 0 rings (SSSR count). The molecule has 0 fully saturated rings. The minimum atomic E-state index is -0.888. The number of allylic oxidation sites excluding steroid dienone is 1. The highest BCUT2D eigenvalue weighted by molar-refractivity contribution is 7.50. The summed E-state index contributed by atoms with van der Waals surface area (Å²) in [6, 6.07) is 0. The molecule has 0 aromatic rings. The van der Waals surface area contributed by atoms with E-state index in [9.17, 15) is 0 Å². The Hall–Kier alpha value is -0.310. The van der Waals surface area contributed by atoms with Gasteiger partial charge >= 0.3 is 0 Å². The standard InChI is InChI=1S/C6H9OP/c1-4-6(2)5-8(3)7/h1,7H,2,5H2,3H3. The lowest BCUT2D eigenvalue weighted by molar-refractivity contribution is 0.633. The minimum absolute atomic E-state index is 0.575. The Balaban J connectivity index is 3.44. The highest BCUT2D eigenvalue weighted by Crippen LogP contribution is 2.25. The molecule has 1 unspecified atom stereocenters. The second-order valence-corrected chi connectivity index (χ2v) is 3.20. The van der Waals surface area contributed by atoms with Crippen LogP contribution in [0.5, 0.6) is 0 Å². The zero-order valence-electron chi connectivity index (χ0n) is 4.89. The van der Waals surface area contributed by atoms with E-state index in [1.165, 1.54) is 0 Å². The highest BCUT2D eigenvalue weighted by atomic mass is 31.1. The van der Waals surface area contributed by atoms with E-state index < -0.39 is 8.15 Å². The van der Waals surface area contributed by atoms with Crippen LogP contribution in [0.2, 0.25) is 0 Å². The lowest BCUT2D eigenvalue weighted by Crippen LogP contribution is -1.82. The van der Waals surface area contributed by atoms with Gasteiger partial charge in [0.1, 0.15) is 0 Å². The molecule has 0 saturated heterocycles. The van der Waals surface area contributed by atoms with Gasteiger partial charge in [0.05, 0.1) is 0 Å². The van der Waals surface area contributed by atoms with E-state index in [0.29, 0.717) is 11.7 Å². The topological polar surface area (TPSA) is 20.2 Å². The van der Waals surface area contributed by atoms with Gasteiger partial charge in [-0.2, -0.15) is 0 Å². The molecule has 0 amide bonds. The number of rotatable bonds is 2. The Morgan fingerprint density at radius 3 is 2.62 bits per heavy atom. The van der Waals surface area contributed by atoms with Crippen molar-refractivity contribution >= 4 is 8.15 Å². The van der Waals surface area contributed by atoms with Gasteiger partial charge in [0.25, 0.3) is 0 Å². The number of terminal acetylenes is 1. The van der Waals surface area contributed by atoms with E-state index in [4.69, 9.17) is 11.3 Å². The fraction of sp³-hybridized carbons (Fsp3) is 0.333. The van der Waals surface area contributed by atoms with E-state index in [2.05, 4.69) is 12.5 Å². The van der Waals surface area contributed by atoms with Crippen LogP contribution in [0.1, 0.15) is 0 Å². The fourth-order valence-electron chi connectivity index (χ4n) is 0.322. The van der Waals surface area contributed by atoms with Crippen LogP contribution in [0.4, 0.5) is 0 Å². The summed E-state index contributed by atoms with van der Waals surface area (Å²) in [7, 11) is -0.888. The molecule has 1 N–H and O–H groups in total. The molecule has 0 aromatic carbocycles. The van der Waals surface area contributed by atoms with Gasteiger partial charge in [-0.05, 0) is 6.66 Å². The molecule has 0 aliphatic rings. The highest BCUT2D eigenvalue weighted by Gasteiger charge is 1.94. The fourth-order valence-corrected chi connectivity index (χ4v) is 0.966. The van der Waals surface area contributed by atoms with Crippen molar-refractivity contribution in [1.29, 1.82) is 0 Å². The monoisotopic (exact) mass is 128 g/mol. The van der Waals surface area contributed by atoms with Crippen molar-refractivity contribution in [3.05, 3.63) is 12.2 Å². The van der Waals surface area contributed by atoms with Crippen molar-refractivity contribution in [1.82, 2.24) is 0 Å². The summed E-state index contributed by atoms with van der Waals surface area (Å²) in [5, 5.41) is 0. The molecular weight excluding hydrogens is 119 g/mol. The first-order valence-electron chi connectivity index (χ1n) is 2.21. The lowest BCUT2D eigenvalue weighted by atomic mass is 10.4. The van der Waals surface area contributed by atoms with E-state index in [0.717, 1.165) is 0 Å². The smallest absolute Gasteiger partial charge is 0.0270 e. The number of hydrogen-bond donors (Lipinski definition) is 1. The maximum Gasteiger partial charge on any atom is 0.0270 e. The van der Waals surface area contributed by atoms with Crippen LogP contribution >= 0.6 is 8.15 Å². The largest absolute Gasteiger partial charge is 0.374 e. The quantitative estimate of drug-likeness (QED) is 0.437. The summed E-state index contributed by atoms with van der Waals surface area (Å²) < 4.78 is 0. The van der Waals surface area contributed by atoms with Crippen LogP contribution in [0.3, 0.4) is 0 Å². The Morgan fingerprint density at radius 1 is 2.00 bits per heavy atom. The summed E-state index contributed by atoms with van der Waals surface area (Å²) in [5.41, 5.74) is 0.682. The van der Waals surface area contributed by atoms with Gasteiger partial charge in [-0.15, -0.1) is 6.42 Å². The van der Waals surface area contributed by atoms with E-state index >= 15 is 0 Å². The van der Waals surface area contributed by atoms with Crippen LogP contribution < -0.4 is 0 Å². The first-order valence-corrected chi connectivity index (χ1v) is 4.14. The molecule has 8 heavy (non-hydrogen) atoms. The Labute approximate surface area is 51.3 Å². The lowest BCUT2D eigenvalue weighted by Gasteiger charge is -1.98. The molecule has 0 saturated carbocycles. The summed E-state index contributed by atoms with van der Waals surface area (Å²) in [6.07, 6.45) is 5.55. The average Bonchev–Trinajstić information content (AvgIpc) is 1.65. The van der Waals surface area contributed by atoms with Gasteiger partial charge < -0.3 is 4.89 Å². The van der Waals surface area contributed by atoms with Gasteiger partial charge in [-0.1, -0.05) is 12.5 Å². The first kappa shape index (κ1) is 7.69. The van der Waals surface area contributed by atoms with Crippen molar-refractivity contribution in [3.63, 3.8) is 0 Å². The average molecular weight is 128 g/mol. The summed E-state index contributed by atoms with van der Waals surface area (Å²) >= 11 is 0. The Bertz CT molecular complexity index is 121. The molecule has 1 nitrogen and oxygen atoms in total. The maximum absolute atomic E-state index is 8.76. The Morgan fingerprint density at radius 2 is 2.50 bits per heavy atom. The van der Waals surface area contributed by atoms with E-state index in [1.807, 2.05) is 0 Å². The third-order valence-corrected chi connectivity index (χ3v) is 1.46. The van der Waals surface area contributed by atoms with E-state index in [1.54, 1.807) is 6.66 Å². The molecule has 44 valence electrons. The van der Waals surface area contributed by atoms with Crippen molar-refractivity contribution in [2.24, 2.45) is 0 Å². The number of hydrogen-bond acceptors (Lipinski definition) is 1. The predicted octanol–water partition coefficient (Wildman–Crippen LogP) is 1.19. The van der Waals surface area contributed by atoms with E-state index in [-0.39, 0.29) is 0 Å². The zero-order valence-corrected chi connectivity index (χ0v) is 5.78. The Kier molecular flexibility index (Phi) is 3.52. The van der Waals surface area contributed by atoms with Crippen LogP contribution in [-0.4, -0.2) is 17.7 Å². The summed E-state index contributed by atoms with van der Waals surface area (Å²) in [6.45, 7) is 5.28. The van der Waals surface area contributed by atoms with Gasteiger partial charge in [0.15, 0.2) is 0 Å². The van der Waals surface area contributed by atoms with Crippen LogP contribution in [0, 0.1) is 12.3 Å². The molecule has 2 heteroatoms. The summed E-state index contributed by atoms with van der Waals surface area (Å²) in [4.78, 5) is 8.76. The molecule has 0 heterocycles. The molecule has 0 radical (unpaired) electrons. The van der Waals surface area contributed by atoms with Crippen LogP contribution in [0.25, 0.3) is 0 Å². The maximum atomic E-state index is 8.76. The summed E-state index contributed by atoms with van der Waals surface area (Å²) in [5.74, 6) is 2.36. The third-order valence-electron chi connectivity index (χ3n) is 0.624. The molecule has 0 spiro atoms. The zero-order chi connectivity index (χ0) is 6.57. The SMILES string of the molecule is C#CC(=C)CP(C)O. The second-order valence-electron chi connectivity index (χ2n) is 1.56. The van der Waals surface area contributed by atoms with Gasteiger partial charge in [0, 0.05) is 19.9 Å². The molecule has 0 aliphatic heterocycles. The normalized spacial score (nSPS) is 12.1. The van der Waals surface area contributed by atoms with Crippen molar-refractivity contribution in [3.8, 4) is 12.3 Å². The third kappa shape index (κ3) is 3.87. The van der Waals surface area contributed by atoms with Crippen LogP contribution in [0.15, 0.2) is 12.2 Å². The molecule has 0 aliphatic carbocycles. The molecule has 0 bridgehead atoms. The van der Waals surface area contributed by atoms with Crippen molar-refractivity contribution in [2.45, 2.75) is 0 Å². The van der Waals surface area contributed by atoms with Crippen molar-refractivity contribution < 1.29 is 4.89 Å². The molecule has 0 aromatic heterocycles. The van der Waals surface area contributed by atoms with Crippen LogP contribution in [-0.2, 0) is 0 Å². The van der Waals surface area contributed by atoms with Gasteiger partial charge in [-0.25, -0.2) is 0 Å². The molecule has 1 atom stereocenters. The minimum Gasteiger partial charge on any atom is -0.374 e. The predicted molar refractivity (Wildman–Crippen MR) is 37.9 cm³/mol. The van der Waals surface area contributed by atoms with Gasteiger partial charge in [0.2, 0.25) is 0 Å². The molecular formula is C6H9OP. The van der Waals surface area contributed by atoms with Crippen molar-refractivity contribution in [2.75, 3.05) is 12.8 Å². The first-order chi connectivity index (χ1) is 3.66. The second kappa shape index (κ2) is 3.66.